The fourth-order valence-electron chi connectivity index (χ4n) is 8.48. The quantitative estimate of drug-likeness (QED) is 0.180. The van der Waals surface area contributed by atoms with Crippen LogP contribution in [-0.2, 0) is 22.6 Å². The third kappa shape index (κ3) is 6.91. The summed E-state index contributed by atoms with van der Waals surface area (Å²) in [6, 6.07) is 31.9. The van der Waals surface area contributed by atoms with E-state index in [1.165, 1.54) is 43.7 Å². The van der Waals surface area contributed by atoms with Crippen LogP contribution in [0.3, 0.4) is 0 Å². The van der Waals surface area contributed by atoms with E-state index in [1.54, 1.807) is 24.3 Å². The molecule has 4 aromatic carbocycles. The van der Waals surface area contributed by atoms with E-state index in [0.29, 0.717) is 17.2 Å². The first-order chi connectivity index (χ1) is 25.0. The number of carbonyl (C=O) groups excluding carboxylic acids is 2. The second-order valence-electron chi connectivity index (χ2n) is 14.6. The minimum atomic E-state index is -0.545. The highest BCUT2D eigenvalue weighted by molar-refractivity contribution is 6.21. The summed E-state index contributed by atoms with van der Waals surface area (Å²) in [5.41, 5.74) is 6.69. The van der Waals surface area contributed by atoms with E-state index in [-0.39, 0.29) is 43.1 Å². The first-order valence-electron chi connectivity index (χ1n) is 18.6. The van der Waals surface area contributed by atoms with Gasteiger partial charge in [-0.1, -0.05) is 91.9 Å². The molecule has 8 heteroatoms. The van der Waals surface area contributed by atoms with E-state index in [4.69, 9.17) is 9.47 Å². The van der Waals surface area contributed by atoms with Crippen molar-refractivity contribution in [2.24, 2.45) is 5.92 Å². The predicted octanol–water partition coefficient (Wildman–Crippen LogP) is 6.99. The summed E-state index contributed by atoms with van der Waals surface area (Å²) in [7, 11) is 0. The minimum absolute atomic E-state index is 0.0108. The summed E-state index contributed by atoms with van der Waals surface area (Å²) in [4.78, 5) is 32.9. The van der Waals surface area contributed by atoms with Gasteiger partial charge in [0.1, 0.15) is 0 Å². The second-order valence-corrected chi connectivity index (χ2v) is 14.6. The number of likely N-dealkylation sites (tertiary alicyclic amines) is 2. The van der Waals surface area contributed by atoms with Gasteiger partial charge in [-0.15, -0.1) is 0 Å². The number of nitrogens with zero attached hydrogens (tertiary/aromatic N) is 3. The number of benzene rings is 4. The van der Waals surface area contributed by atoms with Crippen molar-refractivity contribution in [3.05, 3.63) is 130 Å². The lowest BCUT2D eigenvalue weighted by Gasteiger charge is -2.43. The van der Waals surface area contributed by atoms with Crippen LogP contribution in [0.2, 0.25) is 0 Å². The van der Waals surface area contributed by atoms with Crippen molar-refractivity contribution in [3.8, 4) is 11.1 Å². The SMILES string of the molecule is CC1C(CN2CCCC2CN2CCCC2)OC(c2ccc(-c3ccccc3CN3C(=O)c4ccccc4C3=O)cc2)OC1c1ccc(CO)cc1. The fraction of sp³-hybridized carbons (Fsp3) is 0.395. The van der Waals surface area contributed by atoms with Crippen LogP contribution in [-0.4, -0.2) is 76.5 Å². The van der Waals surface area contributed by atoms with Crippen LogP contribution in [0.25, 0.3) is 11.1 Å². The number of amides is 2. The molecule has 4 heterocycles. The molecular weight excluding hydrogens is 638 g/mol. The molecule has 0 spiro atoms. The number of aliphatic hydroxyl groups is 1. The molecule has 264 valence electrons. The van der Waals surface area contributed by atoms with Gasteiger partial charge in [0.2, 0.25) is 0 Å². The number of rotatable bonds is 10. The van der Waals surface area contributed by atoms with Gasteiger partial charge in [0.25, 0.3) is 11.8 Å². The Morgan fingerprint density at radius 3 is 2.04 bits per heavy atom. The Morgan fingerprint density at radius 1 is 0.706 bits per heavy atom. The highest BCUT2D eigenvalue weighted by atomic mass is 16.7. The number of hydrogen-bond acceptors (Lipinski definition) is 7. The first-order valence-corrected chi connectivity index (χ1v) is 18.6. The third-order valence-corrected chi connectivity index (χ3v) is 11.4. The van der Waals surface area contributed by atoms with Crippen molar-refractivity contribution in [3.63, 3.8) is 0 Å². The molecule has 0 saturated carbocycles. The molecule has 5 atom stereocenters. The Kier molecular flexibility index (Phi) is 9.86. The molecule has 8 rings (SSSR count). The molecule has 4 aliphatic rings. The summed E-state index contributed by atoms with van der Waals surface area (Å²) in [5.74, 6) is -0.386. The Bertz CT molecular complexity index is 1820. The maximum atomic E-state index is 13.2. The van der Waals surface area contributed by atoms with Crippen LogP contribution >= 0.6 is 0 Å². The van der Waals surface area contributed by atoms with Gasteiger partial charge >= 0.3 is 0 Å². The Hall–Kier alpha value is -4.18. The van der Waals surface area contributed by atoms with Crippen LogP contribution in [0.4, 0.5) is 0 Å². The van der Waals surface area contributed by atoms with Gasteiger partial charge in [0.15, 0.2) is 6.29 Å². The molecular formula is C43H47N3O5. The van der Waals surface area contributed by atoms with Gasteiger partial charge in [-0.25, -0.2) is 0 Å². The number of imide groups is 1. The molecule has 0 radical (unpaired) electrons. The highest BCUT2D eigenvalue weighted by Gasteiger charge is 2.41. The first kappa shape index (κ1) is 33.9. The van der Waals surface area contributed by atoms with E-state index in [2.05, 4.69) is 53.1 Å². The molecule has 3 fully saturated rings. The molecule has 0 aliphatic carbocycles. The molecule has 0 bridgehead atoms. The summed E-state index contributed by atoms with van der Waals surface area (Å²) in [6.45, 7) is 7.99. The van der Waals surface area contributed by atoms with Crippen LogP contribution in [0.15, 0.2) is 97.1 Å². The predicted molar refractivity (Wildman–Crippen MR) is 196 cm³/mol. The van der Waals surface area contributed by atoms with Gasteiger partial charge in [0.05, 0.1) is 36.5 Å². The molecule has 3 saturated heterocycles. The highest BCUT2D eigenvalue weighted by Crippen LogP contribution is 2.43. The molecule has 5 unspecified atom stereocenters. The van der Waals surface area contributed by atoms with Crippen molar-refractivity contribution in [2.45, 2.75) is 70.3 Å². The summed E-state index contributed by atoms with van der Waals surface area (Å²) in [6.07, 6.45) is 4.34. The second kappa shape index (κ2) is 14.8. The monoisotopic (exact) mass is 685 g/mol. The van der Waals surface area contributed by atoms with Crippen molar-refractivity contribution in [1.82, 2.24) is 14.7 Å². The van der Waals surface area contributed by atoms with Crippen molar-refractivity contribution in [1.29, 1.82) is 0 Å². The summed E-state index contributed by atoms with van der Waals surface area (Å²) < 4.78 is 13.7. The molecule has 51 heavy (non-hydrogen) atoms. The van der Waals surface area contributed by atoms with E-state index in [1.807, 2.05) is 36.4 Å². The summed E-state index contributed by atoms with van der Waals surface area (Å²) >= 11 is 0. The van der Waals surface area contributed by atoms with Crippen molar-refractivity contribution in [2.75, 3.05) is 32.7 Å². The maximum absolute atomic E-state index is 13.2. The van der Waals surface area contributed by atoms with Crippen LogP contribution in [0.1, 0.15) is 88.0 Å². The van der Waals surface area contributed by atoms with Gasteiger partial charge in [-0.2, -0.15) is 0 Å². The van der Waals surface area contributed by atoms with Crippen LogP contribution in [0.5, 0.6) is 0 Å². The number of fused-ring (bicyclic) bond motifs is 1. The standard InChI is InChI=1S/C43H47N3O5/c1-29-39(27-45-24-8-10-35(45)26-44-22-6-7-23-44)50-43(51-40(29)32-16-14-30(28-47)15-17-32)33-20-18-31(19-21-33)36-11-3-2-9-34(36)25-46-41(48)37-12-4-5-13-38(37)42(46)49/h2-5,9,11-21,29,35,39-40,43,47H,6-8,10,22-28H2,1H3. The van der Waals surface area contributed by atoms with Gasteiger partial charge in [0, 0.05) is 30.6 Å². The average Bonchev–Trinajstić information content (AvgIpc) is 3.91. The fourth-order valence-corrected chi connectivity index (χ4v) is 8.48. The van der Waals surface area contributed by atoms with Crippen LogP contribution < -0.4 is 0 Å². The maximum Gasteiger partial charge on any atom is 0.261 e. The van der Waals surface area contributed by atoms with Gasteiger partial charge < -0.3 is 19.5 Å². The largest absolute Gasteiger partial charge is 0.392 e. The Balaban J connectivity index is 1.03. The molecule has 4 aromatic rings. The van der Waals surface area contributed by atoms with E-state index in [0.717, 1.165) is 53.0 Å². The lowest BCUT2D eigenvalue weighted by atomic mass is 9.89. The Morgan fingerprint density at radius 2 is 1.35 bits per heavy atom. The number of aliphatic hydroxyl groups excluding tert-OH is 1. The zero-order valence-corrected chi connectivity index (χ0v) is 29.3. The smallest absolute Gasteiger partial charge is 0.261 e. The van der Waals surface area contributed by atoms with Crippen molar-refractivity contribution >= 4 is 11.8 Å². The number of carbonyl (C=O) groups is 2. The molecule has 2 amide bonds. The molecule has 8 nitrogen and oxygen atoms in total. The lowest BCUT2D eigenvalue weighted by Crippen LogP contribution is -2.48. The molecule has 1 N–H and O–H groups in total. The molecule has 0 aromatic heterocycles. The zero-order valence-electron chi connectivity index (χ0n) is 29.3. The minimum Gasteiger partial charge on any atom is -0.392 e. The number of hydrogen-bond donors (Lipinski definition) is 1. The van der Waals surface area contributed by atoms with E-state index >= 15 is 0 Å². The lowest BCUT2D eigenvalue weighted by molar-refractivity contribution is -0.276. The van der Waals surface area contributed by atoms with Crippen molar-refractivity contribution < 1.29 is 24.2 Å². The normalized spacial score (nSPS) is 25.5. The topological polar surface area (TPSA) is 82.6 Å². The average molecular weight is 686 g/mol. The zero-order chi connectivity index (χ0) is 34.9. The van der Waals surface area contributed by atoms with Gasteiger partial charge in [-0.05, 0) is 85.3 Å². The Labute approximate surface area is 300 Å². The number of ether oxygens (including phenoxy) is 2. The van der Waals surface area contributed by atoms with Gasteiger partial charge in [-0.3, -0.25) is 19.4 Å². The van der Waals surface area contributed by atoms with Crippen LogP contribution in [0, 0.1) is 5.92 Å². The third-order valence-electron chi connectivity index (χ3n) is 11.4. The van der Waals surface area contributed by atoms with E-state index in [9.17, 15) is 14.7 Å². The summed E-state index contributed by atoms with van der Waals surface area (Å²) in [5, 5.41) is 9.67. The van der Waals surface area contributed by atoms with E-state index < -0.39 is 6.29 Å². The molecule has 4 aliphatic heterocycles.